The normalized spacial score (nSPS) is 11.6. The highest BCUT2D eigenvalue weighted by Crippen LogP contribution is 2.28. The Labute approximate surface area is 118 Å². The smallest absolute Gasteiger partial charge is 0.292 e. The van der Waals surface area contributed by atoms with Crippen molar-refractivity contribution in [3.05, 3.63) is 51.5 Å². The molecule has 0 radical (unpaired) electrons. The van der Waals surface area contributed by atoms with Crippen molar-refractivity contribution in [2.24, 2.45) is 0 Å². The minimum absolute atomic E-state index is 0.0597. The molecular weight excluding hydrogens is 287 g/mol. The molecule has 20 heavy (non-hydrogen) atoms. The second-order valence-electron chi connectivity index (χ2n) is 4.25. The molecule has 0 aromatic carbocycles. The van der Waals surface area contributed by atoms with Crippen LogP contribution in [-0.4, -0.2) is 10.8 Å². The lowest BCUT2D eigenvalue weighted by atomic mass is 10.1. The number of carbonyl (C=O) groups excluding carboxylic acids is 1. The summed E-state index contributed by atoms with van der Waals surface area (Å²) in [6.45, 7) is 2.02. The number of ketones is 1. The molecule has 0 saturated carbocycles. The van der Waals surface area contributed by atoms with Crippen molar-refractivity contribution in [2.45, 2.75) is 25.9 Å². The quantitative estimate of drug-likeness (QED) is 0.794. The number of thiophene rings is 1. The number of halogens is 3. The highest BCUT2D eigenvalue weighted by atomic mass is 32.1. The Kier molecular flexibility index (Phi) is 4.23. The number of rotatable bonds is 4. The van der Waals surface area contributed by atoms with E-state index in [2.05, 4.69) is 4.98 Å². The minimum atomic E-state index is -4.43. The molecule has 0 atom stereocenters. The number of hydrogen-bond acceptors (Lipinski definition) is 3. The molecular formula is C14H12F3NOS. The van der Waals surface area contributed by atoms with E-state index in [1.54, 1.807) is 0 Å². The van der Waals surface area contributed by atoms with Gasteiger partial charge in [0.2, 0.25) is 0 Å². The van der Waals surface area contributed by atoms with Crippen LogP contribution in [0.25, 0.3) is 0 Å². The van der Waals surface area contributed by atoms with E-state index in [4.69, 9.17) is 0 Å². The predicted molar refractivity (Wildman–Crippen MR) is 71.0 cm³/mol. The Morgan fingerprint density at radius 1 is 1.20 bits per heavy atom. The van der Waals surface area contributed by atoms with Crippen LogP contribution in [0, 0.1) is 0 Å². The first kappa shape index (κ1) is 14.7. The predicted octanol–water partition coefficient (Wildman–Crippen LogP) is 4.15. The lowest BCUT2D eigenvalue weighted by Gasteiger charge is -2.06. The van der Waals surface area contributed by atoms with Gasteiger partial charge in [0.15, 0.2) is 5.78 Å². The molecule has 0 aliphatic carbocycles. The minimum Gasteiger partial charge on any atom is -0.292 e. The van der Waals surface area contributed by atoms with Crippen molar-refractivity contribution in [1.29, 1.82) is 0 Å². The van der Waals surface area contributed by atoms with Gasteiger partial charge >= 0.3 is 6.18 Å². The maximum absolute atomic E-state index is 12.4. The first-order valence-electron chi connectivity index (χ1n) is 6.04. The summed E-state index contributed by atoms with van der Waals surface area (Å²) < 4.78 is 37.2. The summed E-state index contributed by atoms with van der Waals surface area (Å²) in [5, 5.41) is 0. The number of pyridine rings is 1. The van der Waals surface area contributed by atoms with E-state index >= 15 is 0 Å². The van der Waals surface area contributed by atoms with Gasteiger partial charge in [-0.3, -0.25) is 9.78 Å². The molecule has 2 nitrogen and oxygen atoms in total. The highest BCUT2D eigenvalue weighted by molar-refractivity contribution is 7.12. The van der Waals surface area contributed by atoms with E-state index in [1.807, 2.05) is 19.1 Å². The van der Waals surface area contributed by atoms with Gasteiger partial charge in [-0.1, -0.05) is 6.92 Å². The number of nitrogens with zero attached hydrogens (tertiary/aromatic N) is 1. The zero-order valence-corrected chi connectivity index (χ0v) is 11.5. The SMILES string of the molecule is CCc1ccc(CC(=O)c2ccc(C(F)(F)F)cn2)s1. The van der Waals surface area contributed by atoms with Crippen molar-refractivity contribution in [1.82, 2.24) is 4.98 Å². The van der Waals surface area contributed by atoms with Gasteiger partial charge in [0.1, 0.15) is 5.69 Å². The first-order chi connectivity index (χ1) is 9.40. The van der Waals surface area contributed by atoms with E-state index in [0.717, 1.165) is 23.4 Å². The van der Waals surface area contributed by atoms with Gasteiger partial charge in [0.05, 0.1) is 5.56 Å². The van der Waals surface area contributed by atoms with E-state index in [-0.39, 0.29) is 17.9 Å². The third-order valence-electron chi connectivity index (χ3n) is 2.78. The zero-order valence-electron chi connectivity index (χ0n) is 10.7. The van der Waals surface area contributed by atoms with Crippen LogP contribution in [-0.2, 0) is 19.0 Å². The molecule has 0 aliphatic heterocycles. The first-order valence-corrected chi connectivity index (χ1v) is 6.86. The molecule has 0 amide bonds. The van der Waals surface area contributed by atoms with E-state index in [1.165, 1.54) is 16.2 Å². The lowest BCUT2D eigenvalue weighted by Crippen LogP contribution is -2.09. The molecule has 106 valence electrons. The van der Waals surface area contributed by atoms with Gasteiger partial charge in [-0.2, -0.15) is 13.2 Å². The summed E-state index contributed by atoms with van der Waals surface area (Å²) in [5.74, 6) is -0.275. The number of Topliss-reactive ketones (excluding diaryl/α,β-unsaturated/α-hetero) is 1. The Morgan fingerprint density at radius 3 is 2.40 bits per heavy atom. The summed E-state index contributed by atoms with van der Waals surface area (Å²) in [4.78, 5) is 17.6. The number of aryl methyl sites for hydroxylation is 1. The fraction of sp³-hybridized carbons (Fsp3) is 0.286. The molecule has 2 aromatic heterocycles. The molecule has 0 bridgehead atoms. The van der Waals surface area contributed by atoms with E-state index in [0.29, 0.717) is 6.20 Å². The Balaban J connectivity index is 2.09. The molecule has 2 rings (SSSR count). The second-order valence-corrected chi connectivity index (χ2v) is 5.50. The van der Waals surface area contributed by atoms with Crippen molar-refractivity contribution in [3.63, 3.8) is 0 Å². The molecule has 0 saturated heterocycles. The van der Waals surface area contributed by atoms with Crippen LogP contribution in [0.15, 0.2) is 30.5 Å². The molecule has 0 N–H and O–H groups in total. The van der Waals surface area contributed by atoms with Crippen molar-refractivity contribution in [3.8, 4) is 0 Å². The third kappa shape index (κ3) is 3.45. The Morgan fingerprint density at radius 2 is 1.90 bits per heavy atom. The molecule has 0 aliphatic rings. The van der Waals surface area contributed by atoms with Crippen LogP contribution in [0.4, 0.5) is 13.2 Å². The van der Waals surface area contributed by atoms with Gasteiger partial charge < -0.3 is 0 Å². The highest BCUT2D eigenvalue weighted by Gasteiger charge is 2.30. The van der Waals surface area contributed by atoms with Gasteiger partial charge in [-0.15, -0.1) is 11.3 Å². The number of alkyl halides is 3. The fourth-order valence-corrected chi connectivity index (χ4v) is 2.64. The summed E-state index contributed by atoms with van der Waals surface area (Å²) in [5.41, 5.74) is -0.789. The van der Waals surface area contributed by atoms with Crippen molar-refractivity contribution >= 4 is 17.1 Å². The third-order valence-corrected chi connectivity index (χ3v) is 4.01. The summed E-state index contributed by atoms with van der Waals surface area (Å²) in [6, 6.07) is 5.82. The van der Waals surface area contributed by atoms with Crippen LogP contribution >= 0.6 is 11.3 Å². The van der Waals surface area contributed by atoms with E-state index in [9.17, 15) is 18.0 Å². The standard InChI is InChI=1S/C14H12F3NOS/c1-2-10-4-5-11(20-10)7-13(19)12-6-3-9(8-18-12)14(15,16)17/h3-6,8H,2,7H2,1H3. The molecule has 2 heterocycles. The summed E-state index contributed by atoms with van der Waals surface area (Å²) in [7, 11) is 0. The molecule has 6 heteroatoms. The van der Waals surface area contributed by atoms with Crippen molar-refractivity contribution < 1.29 is 18.0 Å². The monoisotopic (exact) mass is 299 g/mol. The average molecular weight is 299 g/mol. The second kappa shape index (κ2) is 5.75. The molecule has 2 aromatic rings. The number of hydrogen-bond donors (Lipinski definition) is 0. The number of aromatic nitrogens is 1. The largest absolute Gasteiger partial charge is 0.417 e. The summed E-state index contributed by atoms with van der Waals surface area (Å²) in [6.07, 6.45) is -2.67. The van der Waals surface area contributed by atoms with Crippen LogP contribution < -0.4 is 0 Å². The maximum Gasteiger partial charge on any atom is 0.417 e. The van der Waals surface area contributed by atoms with E-state index < -0.39 is 11.7 Å². The van der Waals surface area contributed by atoms with Crippen LogP contribution in [0.1, 0.15) is 32.7 Å². The van der Waals surface area contributed by atoms with Gasteiger partial charge in [0, 0.05) is 22.4 Å². The van der Waals surface area contributed by atoms with Gasteiger partial charge in [0.25, 0.3) is 0 Å². The van der Waals surface area contributed by atoms with Crippen LogP contribution in [0.2, 0.25) is 0 Å². The van der Waals surface area contributed by atoms with Crippen LogP contribution in [0.3, 0.4) is 0 Å². The number of carbonyl (C=O) groups is 1. The Hall–Kier alpha value is -1.69. The average Bonchev–Trinajstić information content (AvgIpc) is 2.85. The van der Waals surface area contributed by atoms with Crippen molar-refractivity contribution in [2.75, 3.05) is 0 Å². The van der Waals surface area contributed by atoms with Gasteiger partial charge in [-0.05, 0) is 30.7 Å². The van der Waals surface area contributed by atoms with Crippen LogP contribution in [0.5, 0.6) is 0 Å². The van der Waals surface area contributed by atoms with Gasteiger partial charge in [-0.25, -0.2) is 0 Å². The summed E-state index contributed by atoms with van der Waals surface area (Å²) >= 11 is 1.53. The zero-order chi connectivity index (χ0) is 14.8. The molecule has 0 spiro atoms. The maximum atomic E-state index is 12.4. The molecule has 0 fully saturated rings. The topological polar surface area (TPSA) is 30.0 Å². The fourth-order valence-electron chi connectivity index (χ4n) is 1.68. The molecule has 0 unspecified atom stereocenters. The Bertz CT molecular complexity index is 602. The lowest BCUT2D eigenvalue weighted by molar-refractivity contribution is -0.137.